The molecule has 0 aliphatic carbocycles. The van der Waals surface area contributed by atoms with Crippen LogP contribution in [0.2, 0.25) is 0 Å². The standard InChI is InChI=1S/C26H30N4O2/c1-18(2)14-27-15-22(31)17-29-16-20(23-11-7-8-12-25(23)29)13-24-19(3)28-30(26(24)32)21-9-5-4-6-10-21/h4-13,16,18,22,27,31H,14-15,17H2,1-3H3. The fraction of sp³-hybridized carbons (Fsp3) is 0.308. The maximum absolute atomic E-state index is 13.1. The molecule has 2 heterocycles. The number of aliphatic hydroxyl groups excluding tert-OH is 1. The van der Waals surface area contributed by atoms with Crippen molar-refractivity contribution in [2.75, 3.05) is 18.1 Å². The number of para-hydroxylation sites is 2. The van der Waals surface area contributed by atoms with Crippen molar-refractivity contribution in [2.45, 2.75) is 33.4 Å². The van der Waals surface area contributed by atoms with Crippen molar-refractivity contribution in [3.05, 3.63) is 71.9 Å². The van der Waals surface area contributed by atoms with Crippen LogP contribution in [0.4, 0.5) is 5.69 Å². The summed E-state index contributed by atoms with van der Waals surface area (Å²) >= 11 is 0. The minimum atomic E-state index is -0.505. The van der Waals surface area contributed by atoms with Crippen molar-refractivity contribution in [1.29, 1.82) is 0 Å². The molecule has 6 heteroatoms. The first-order chi connectivity index (χ1) is 15.4. The Kier molecular flexibility index (Phi) is 6.53. The summed E-state index contributed by atoms with van der Waals surface area (Å²) < 4.78 is 2.06. The van der Waals surface area contributed by atoms with E-state index in [0.29, 0.717) is 30.3 Å². The predicted molar refractivity (Wildman–Crippen MR) is 131 cm³/mol. The third-order valence-corrected chi connectivity index (χ3v) is 5.52. The Morgan fingerprint density at radius 3 is 2.53 bits per heavy atom. The van der Waals surface area contributed by atoms with Crippen LogP contribution < -0.4 is 10.3 Å². The van der Waals surface area contributed by atoms with E-state index in [4.69, 9.17) is 0 Å². The zero-order valence-electron chi connectivity index (χ0n) is 18.8. The van der Waals surface area contributed by atoms with E-state index in [2.05, 4.69) is 28.8 Å². The Labute approximate surface area is 188 Å². The molecule has 1 aliphatic heterocycles. The van der Waals surface area contributed by atoms with Crippen molar-refractivity contribution >= 4 is 34.3 Å². The lowest BCUT2D eigenvalue weighted by Crippen LogP contribution is -2.32. The summed E-state index contributed by atoms with van der Waals surface area (Å²) in [4.78, 5) is 13.1. The van der Waals surface area contributed by atoms with Gasteiger partial charge < -0.3 is 15.0 Å². The van der Waals surface area contributed by atoms with Gasteiger partial charge in [-0.2, -0.15) is 10.1 Å². The molecule has 1 unspecified atom stereocenters. The number of anilines is 1. The summed E-state index contributed by atoms with van der Waals surface area (Å²) in [6.45, 7) is 8.04. The summed E-state index contributed by atoms with van der Waals surface area (Å²) in [6.07, 6.45) is 3.41. The summed E-state index contributed by atoms with van der Waals surface area (Å²) in [5.41, 5.74) is 3.99. The average molecular weight is 431 g/mol. The van der Waals surface area contributed by atoms with E-state index in [0.717, 1.165) is 28.7 Å². The highest BCUT2D eigenvalue weighted by atomic mass is 16.3. The molecule has 1 amide bonds. The van der Waals surface area contributed by atoms with Crippen LogP contribution in [0.3, 0.4) is 0 Å². The molecular weight excluding hydrogens is 400 g/mol. The number of amides is 1. The molecule has 0 bridgehead atoms. The number of carbonyl (C=O) groups is 1. The molecule has 2 aromatic carbocycles. The number of nitrogens with zero attached hydrogens (tertiary/aromatic N) is 3. The van der Waals surface area contributed by atoms with Crippen LogP contribution >= 0.6 is 0 Å². The van der Waals surface area contributed by atoms with Gasteiger partial charge in [0.2, 0.25) is 0 Å². The topological polar surface area (TPSA) is 69.9 Å². The number of aromatic nitrogens is 1. The summed E-state index contributed by atoms with van der Waals surface area (Å²) in [6, 6.07) is 17.5. The predicted octanol–water partition coefficient (Wildman–Crippen LogP) is 4.05. The van der Waals surface area contributed by atoms with Crippen LogP contribution in [-0.4, -0.2) is 40.5 Å². The first-order valence-electron chi connectivity index (χ1n) is 11.1. The molecule has 6 nitrogen and oxygen atoms in total. The fourth-order valence-corrected chi connectivity index (χ4v) is 3.96. The molecule has 0 spiro atoms. The van der Waals surface area contributed by atoms with Crippen LogP contribution in [0.5, 0.6) is 0 Å². The van der Waals surface area contributed by atoms with Crippen LogP contribution in [0, 0.1) is 5.92 Å². The Morgan fingerprint density at radius 1 is 1.06 bits per heavy atom. The van der Waals surface area contributed by atoms with Gasteiger partial charge in [-0.1, -0.05) is 50.2 Å². The van der Waals surface area contributed by atoms with E-state index in [1.54, 1.807) is 0 Å². The molecule has 4 rings (SSSR count). The Bertz CT molecular complexity index is 1160. The van der Waals surface area contributed by atoms with Gasteiger partial charge in [0.05, 0.1) is 23.1 Å². The maximum atomic E-state index is 13.1. The van der Waals surface area contributed by atoms with Crippen LogP contribution in [0.1, 0.15) is 26.3 Å². The van der Waals surface area contributed by atoms with Crippen LogP contribution in [0.15, 0.2) is 71.5 Å². The number of hydrogen-bond donors (Lipinski definition) is 2. The molecule has 32 heavy (non-hydrogen) atoms. The minimum Gasteiger partial charge on any atom is -0.390 e. The van der Waals surface area contributed by atoms with Gasteiger partial charge in [-0.3, -0.25) is 4.79 Å². The summed E-state index contributed by atoms with van der Waals surface area (Å²) in [5, 5.41) is 20.8. The largest absolute Gasteiger partial charge is 0.390 e. The van der Waals surface area contributed by atoms with Gasteiger partial charge >= 0.3 is 0 Å². The monoisotopic (exact) mass is 430 g/mol. The molecule has 2 N–H and O–H groups in total. The van der Waals surface area contributed by atoms with E-state index >= 15 is 0 Å². The smallest absolute Gasteiger partial charge is 0.280 e. The third-order valence-electron chi connectivity index (χ3n) is 5.52. The van der Waals surface area contributed by atoms with Gasteiger partial charge in [-0.15, -0.1) is 0 Å². The molecule has 166 valence electrons. The highest BCUT2D eigenvalue weighted by molar-refractivity contribution is 6.32. The van der Waals surface area contributed by atoms with Crippen molar-refractivity contribution in [2.24, 2.45) is 11.0 Å². The molecule has 1 aliphatic rings. The minimum absolute atomic E-state index is 0.136. The molecular formula is C26H30N4O2. The zero-order chi connectivity index (χ0) is 22.7. The molecule has 0 saturated carbocycles. The van der Waals surface area contributed by atoms with E-state index in [9.17, 15) is 9.90 Å². The summed E-state index contributed by atoms with van der Waals surface area (Å²) in [5.74, 6) is 0.403. The van der Waals surface area contributed by atoms with Crippen molar-refractivity contribution in [3.63, 3.8) is 0 Å². The van der Waals surface area contributed by atoms with E-state index < -0.39 is 6.10 Å². The number of aliphatic hydroxyl groups is 1. The number of nitrogens with one attached hydrogen (secondary N) is 1. The van der Waals surface area contributed by atoms with Gasteiger partial charge in [-0.05, 0) is 43.7 Å². The second-order valence-electron chi connectivity index (χ2n) is 8.66. The summed E-state index contributed by atoms with van der Waals surface area (Å²) in [7, 11) is 0. The second-order valence-corrected chi connectivity index (χ2v) is 8.66. The molecule has 0 saturated heterocycles. The number of carbonyl (C=O) groups excluding carboxylic acids is 1. The maximum Gasteiger partial charge on any atom is 0.280 e. The van der Waals surface area contributed by atoms with Gasteiger partial charge in [-0.25, -0.2) is 0 Å². The van der Waals surface area contributed by atoms with E-state index in [-0.39, 0.29) is 5.91 Å². The van der Waals surface area contributed by atoms with Crippen LogP contribution in [-0.2, 0) is 11.3 Å². The molecule has 3 aromatic rings. The van der Waals surface area contributed by atoms with Gasteiger partial charge in [0.1, 0.15) is 0 Å². The van der Waals surface area contributed by atoms with Crippen molar-refractivity contribution in [1.82, 2.24) is 9.88 Å². The highest BCUT2D eigenvalue weighted by Gasteiger charge is 2.29. The third kappa shape index (κ3) is 4.66. The second kappa shape index (κ2) is 9.51. The molecule has 0 fully saturated rings. The highest BCUT2D eigenvalue weighted by Crippen LogP contribution is 2.28. The lowest BCUT2D eigenvalue weighted by atomic mass is 10.1. The number of benzene rings is 2. The lowest BCUT2D eigenvalue weighted by molar-refractivity contribution is -0.114. The first kappa shape index (κ1) is 22.0. The first-order valence-corrected chi connectivity index (χ1v) is 11.1. The number of rotatable bonds is 8. The number of hydrazone groups is 1. The Balaban J connectivity index is 1.61. The Hall–Kier alpha value is -3.22. The molecule has 1 aromatic heterocycles. The number of hydrogen-bond acceptors (Lipinski definition) is 4. The lowest BCUT2D eigenvalue weighted by Gasteiger charge is -2.14. The quantitative estimate of drug-likeness (QED) is 0.530. The van der Waals surface area contributed by atoms with Gasteiger partial charge in [0, 0.05) is 35.8 Å². The number of fused-ring (bicyclic) bond motifs is 1. The Morgan fingerprint density at radius 2 is 1.78 bits per heavy atom. The zero-order valence-corrected chi connectivity index (χ0v) is 18.8. The van der Waals surface area contributed by atoms with Gasteiger partial charge in [0.25, 0.3) is 5.91 Å². The van der Waals surface area contributed by atoms with Crippen molar-refractivity contribution < 1.29 is 9.90 Å². The van der Waals surface area contributed by atoms with Crippen LogP contribution in [0.25, 0.3) is 17.0 Å². The normalized spacial score (nSPS) is 16.4. The van der Waals surface area contributed by atoms with Gasteiger partial charge in [0.15, 0.2) is 0 Å². The SMILES string of the molecule is CC1=NN(c2ccccc2)C(=O)C1=Cc1cn(CC(O)CNCC(C)C)c2ccccc12. The fourth-order valence-electron chi connectivity index (χ4n) is 3.96. The van der Waals surface area contributed by atoms with E-state index in [1.807, 2.05) is 73.8 Å². The van der Waals surface area contributed by atoms with E-state index in [1.165, 1.54) is 5.01 Å². The average Bonchev–Trinajstić information content (AvgIpc) is 3.26. The van der Waals surface area contributed by atoms with Crippen molar-refractivity contribution in [3.8, 4) is 0 Å². The molecule has 1 atom stereocenters. The molecule has 0 radical (unpaired) electrons.